The molecule has 3 aliphatic heterocycles. The molecule has 10 N–H and O–H groups in total. The van der Waals surface area contributed by atoms with Crippen molar-refractivity contribution in [3.8, 4) is 11.5 Å². The van der Waals surface area contributed by atoms with E-state index in [1.807, 2.05) is 4.98 Å². The van der Waals surface area contributed by atoms with E-state index in [0.717, 1.165) is 23.2 Å². The lowest BCUT2D eigenvalue weighted by Gasteiger charge is -2.26. The third-order valence-electron chi connectivity index (χ3n) is 8.48. The molecule has 1 aromatic carbocycles. The van der Waals surface area contributed by atoms with Gasteiger partial charge >= 0.3 is 21.3 Å². The minimum Gasteiger partial charge on any atom is -0.388 e. The molecule has 3 aliphatic rings. The summed E-state index contributed by atoms with van der Waals surface area (Å²) in [7, 11) is -15.0. The number of sulfone groups is 1. The number of imidazole rings is 1. The molecule has 1 fully saturated rings. The number of H-pyrrole nitrogens is 1. The lowest BCUT2D eigenvalue weighted by atomic mass is 10.1. The van der Waals surface area contributed by atoms with E-state index in [2.05, 4.69) is 38.3 Å². The Morgan fingerprint density at radius 1 is 1.02 bits per heavy atom. The highest BCUT2D eigenvalue weighted by molar-refractivity contribution is 7.90. The third kappa shape index (κ3) is 8.41. The Morgan fingerprint density at radius 3 is 2.41 bits per heavy atom. The number of aliphatic hydroxyl groups is 5. The Balaban J connectivity index is 1.10. The van der Waals surface area contributed by atoms with Crippen LogP contribution in [0.15, 0.2) is 39.3 Å². The molecule has 0 bridgehead atoms. The molecule has 5 heterocycles. The van der Waals surface area contributed by atoms with E-state index in [0.29, 0.717) is 0 Å². The van der Waals surface area contributed by atoms with Crippen LogP contribution in [0, 0.1) is 6.92 Å². The lowest BCUT2D eigenvalue weighted by Crippen LogP contribution is -2.42. The van der Waals surface area contributed by atoms with Crippen LogP contribution in [0.1, 0.15) is 11.8 Å². The number of nitrogens with two attached hydrogens (primary N) is 1. The lowest BCUT2D eigenvalue weighted by molar-refractivity contribution is -0.0794. The van der Waals surface area contributed by atoms with E-state index in [1.165, 1.54) is 23.9 Å². The van der Waals surface area contributed by atoms with Gasteiger partial charge in [0.05, 0.1) is 42.0 Å². The Morgan fingerprint density at radius 2 is 1.71 bits per heavy atom. The van der Waals surface area contributed by atoms with Crippen molar-refractivity contribution in [3.05, 3.63) is 51.2 Å². The Kier molecular flexibility index (Phi) is 11.3. The second-order valence-corrected chi connectivity index (χ2v) is 17.5. The quantitative estimate of drug-likeness (QED) is 0.0390. The topological polar surface area (TPSA) is 397 Å². The minimum atomic E-state index is -5.61. The van der Waals surface area contributed by atoms with Gasteiger partial charge in [-0.3, -0.25) is 23.4 Å². The summed E-state index contributed by atoms with van der Waals surface area (Å²) < 4.78 is 71.2. The maximum atomic E-state index is 12.6. The molecule has 9 atom stereocenters. The van der Waals surface area contributed by atoms with Crippen molar-refractivity contribution in [3.63, 3.8) is 0 Å². The first-order valence-electron chi connectivity index (χ1n) is 15.9. The van der Waals surface area contributed by atoms with Gasteiger partial charge in [0.1, 0.15) is 48.5 Å². The highest BCUT2D eigenvalue weighted by Gasteiger charge is 2.46. The summed E-state index contributed by atoms with van der Waals surface area (Å²) in [4.78, 5) is 66.3. The first-order chi connectivity index (χ1) is 26.1. The number of nitrogens with zero attached hydrogens (tertiary/aromatic N) is 7. The standard InChI is InChI=1S/C27H33N9O17P2S/c1-10-3-11-12(4-16(10)56(2,48)49)35(24-18(32-11)25(42)34-27(43)33-24)5-13(37)19(39)14(38)6-50-54(44,45)53-55(46,47)51-7-15-20(40)21(41)26(52-15)36-9-31-17-22(28)29-8-30-23(17)36/h3-4,8-9,13-15,19-21,26,37-41H,5-7H2,1-2H3,(H,44,45)(H,46,47)(H2,28,29,30)(H,34,42,43). The molecule has 29 heteroatoms. The number of nitrogen functional groups attached to an aromatic ring is 1. The monoisotopic (exact) mass is 849 g/mol. The van der Waals surface area contributed by atoms with Crippen molar-refractivity contribution in [1.82, 2.24) is 39.0 Å². The van der Waals surface area contributed by atoms with Crippen LogP contribution in [0.4, 0.5) is 5.82 Å². The smallest absolute Gasteiger partial charge is 0.388 e. The fourth-order valence-electron chi connectivity index (χ4n) is 5.83. The summed E-state index contributed by atoms with van der Waals surface area (Å²) in [5, 5.41) is 53.2. The molecule has 26 nitrogen and oxygen atoms in total. The van der Waals surface area contributed by atoms with Crippen LogP contribution in [0.2, 0.25) is 0 Å². The van der Waals surface area contributed by atoms with Gasteiger partial charge in [-0.2, -0.15) is 9.29 Å². The Bertz CT molecular complexity index is 2600. The van der Waals surface area contributed by atoms with Crippen LogP contribution in [0.25, 0.3) is 33.7 Å². The van der Waals surface area contributed by atoms with Crippen LogP contribution in [-0.2, 0) is 43.6 Å². The molecule has 1 saturated heterocycles. The van der Waals surface area contributed by atoms with E-state index >= 15 is 0 Å². The van der Waals surface area contributed by atoms with Crippen molar-refractivity contribution in [2.24, 2.45) is 0 Å². The van der Waals surface area contributed by atoms with Crippen molar-refractivity contribution >= 4 is 53.5 Å². The maximum absolute atomic E-state index is 12.6. The number of anilines is 1. The number of fused-ring (bicyclic) bond motifs is 3. The van der Waals surface area contributed by atoms with Gasteiger partial charge in [-0.25, -0.2) is 42.3 Å². The van der Waals surface area contributed by atoms with Gasteiger partial charge in [0.15, 0.2) is 39.0 Å². The molecule has 0 spiro atoms. The van der Waals surface area contributed by atoms with Gasteiger partial charge in [-0.1, -0.05) is 0 Å². The molecule has 9 unspecified atom stereocenters. The van der Waals surface area contributed by atoms with Gasteiger partial charge in [-0.15, -0.1) is 0 Å². The maximum Gasteiger partial charge on any atom is 0.481 e. The van der Waals surface area contributed by atoms with Gasteiger partial charge in [0, 0.05) is 6.26 Å². The molecule has 0 amide bonds. The highest BCUT2D eigenvalue weighted by atomic mass is 32.2. The molecule has 0 aliphatic carbocycles. The van der Waals surface area contributed by atoms with Gasteiger partial charge in [0.2, 0.25) is 0 Å². The summed E-state index contributed by atoms with van der Waals surface area (Å²) >= 11 is 0. The van der Waals surface area contributed by atoms with E-state index in [9.17, 15) is 62.5 Å². The first-order valence-corrected chi connectivity index (χ1v) is 20.7. The molecule has 56 heavy (non-hydrogen) atoms. The van der Waals surface area contributed by atoms with E-state index in [-0.39, 0.29) is 38.5 Å². The summed E-state index contributed by atoms with van der Waals surface area (Å²) in [6.45, 7) is -1.63. The molecule has 0 radical (unpaired) electrons. The number of hydrogen-bond donors (Lipinski definition) is 9. The number of aryl methyl sites for hydroxylation is 1. The Labute approximate surface area is 312 Å². The summed E-state index contributed by atoms with van der Waals surface area (Å²) in [5.74, 6) is -0.424. The normalized spacial score (nSPS) is 22.9. The number of aromatic nitrogens is 8. The average Bonchev–Trinajstić information content (AvgIpc) is 3.65. The molecule has 6 rings (SSSR count). The largest absolute Gasteiger partial charge is 0.481 e. The van der Waals surface area contributed by atoms with Gasteiger partial charge < -0.3 is 50.4 Å². The third-order valence-corrected chi connectivity index (χ3v) is 12.3. The van der Waals surface area contributed by atoms with Crippen LogP contribution >= 0.6 is 15.6 Å². The van der Waals surface area contributed by atoms with Crippen molar-refractivity contribution in [2.75, 3.05) is 25.2 Å². The second-order valence-electron chi connectivity index (χ2n) is 12.5. The predicted molar refractivity (Wildman–Crippen MR) is 185 cm³/mol. The zero-order valence-corrected chi connectivity index (χ0v) is 31.3. The van der Waals surface area contributed by atoms with E-state index in [4.69, 9.17) is 10.5 Å². The number of phosphoric ester groups is 2. The Hall–Kier alpha value is -4.18. The van der Waals surface area contributed by atoms with Crippen LogP contribution in [-0.4, -0.2) is 139 Å². The zero-order valence-electron chi connectivity index (χ0n) is 28.7. The van der Waals surface area contributed by atoms with Gasteiger partial charge in [0.25, 0.3) is 5.56 Å². The summed E-state index contributed by atoms with van der Waals surface area (Å²) in [5.41, 5.74) is 3.71. The van der Waals surface area contributed by atoms with E-state index in [1.54, 1.807) is 0 Å². The van der Waals surface area contributed by atoms with Crippen LogP contribution in [0.5, 0.6) is 0 Å². The molecular weight excluding hydrogens is 816 g/mol. The fourth-order valence-corrected chi connectivity index (χ4v) is 8.90. The first kappa shape index (κ1) is 41.5. The highest BCUT2D eigenvalue weighted by Crippen LogP contribution is 2.60. The molecular formula is C27H33N9O17P2S. The van der Waals surface area contributed by atoms with Crippen molar-refractivity contribution in [2.45, 2.75) is 61.2 Å². The molecule has 0 saturated carbocycles. The molecule has 2 aromatic heterocycles. The number of benzene rings is 1. The number of hydrogen-bond acceptors (Lipinski definition) is 21. The summed E-state index contributed by atoms with van der Waals surface area (Å²) in [6, 6.07) is 2.46. The number of phosphoric acid groups is 2. The predicted octanol–water partition coefficient (Wildman–Crippen LogP) is -3.33. The van der Waals surface area contributed by atoms with Crippen LogP contribution in [0.3, 0.4) is 0 Å². The number of aliphatic hydroxyl groups excluding tert-OH is 5. The number of aromatic amines is 1. The fraction of sp³-hybridized carbons (Fsp3) is 0.444. The van der Waals surface area contributed by atoms with Gasteiger partial charge in [-0.05, 0) is 24.6 Å². The zero-order chi connectivity index (χ0) is 41.1. The number of ether oxygens (including phenoxy) is 1. The second kappa shape index (κ2) is 15.3. The minimum absolute atomic E-state index is 0.0123. The molecule has 3 aromatic rings. The molecule has 304 valence electrons. The SMILES string of the molecule is Cc1cc2nc3c(=O)[nH]c(=O)nc-3n(CC(O)C(O)C(O)COP(=O)(O)OP(=O)(O)OCC3OC(n4cnc5c(N)ncnc54)C(O)C3O)c2cc1S(C)(=O)=O. The average molecular weight is 850 g/mol. The van der Waals surface area contributed by atoms with Crippen molar-refractivity contribution < 1.29 is 71.0 Å². The summed E-state index contributed by atoms with van der Waals surface area (Å²) in [6.07, 6.45) is -9.56. The van der Waals surface area contributed by atoms with E-state index < -0.39 is 111 Å². The van der Waals surface area contributed by atoms with Crippen molar-refractivity contribution in [1.29, 1.82) is 0 Å². The number of nitrogens with one attached hydrogen (secondary N) is 1. The van der Waals surface area contributed by atoms with Crippen LogP contribution < -0.4 is 17.0 Å². The number of rotatable bonds is 14.